The lowest BCUT2D eigenvalue weighted by Gasteiger charge is -2.30. The Hall–Kier alpha value is -2.05. The predicted molar refractivity (Wildman–Crippen MR) is 110 cm³/mol. The summed E-state index contributed by atoms with van der Waals surface area (Å²) in [6, 6.07) is 15.5. The van der Waals surface area contributed by atoms with E-state index in [1.165, 1.54) is 5.69 Å². The molecule has 0 N–H and O–H groups in total. The first-order chi connectivity index (χ1) is 13.7. The zero-order valence-electron chi connectivity index (χ0n) is 15.2. The van der Waals surface area contributed by atoms with E-state index in [1.807, 2.05) is 24.3 Å². The van der Waals surface area contributed by atoms with Gasteiger partial charge in [-0.1, -0.05) is 52.6 Å². The predicted octanol–water partition coefficient (Wildman–Crippen LogP) is 5.20. The van der Waals surface area contributed by atoms with Gasteiger partial charge < -0.3 is 18.9 Å². The monoisotopic (exact) mass is 418 g/mol. The number of benzene rings is 2. The minimum Gasteiger partial charge on any atom is -0.378 e. The van der Waals surface area contributed by atoms with Gasteiger partial charge in [0.1, 0.15) is 12.3 Å². The molecule has 2 heterocycles. The molecule has 1 aromatic heterocycles. The lowest BCUT2D eigenvalue weighted by molar-refractivity contribution is 0.0880. The SMILES string of the molecule is Clc1ccc(-c2cc(COCc3ccccc3N3CCOCC3)on2)cc1Cl. The highest BCUT2D eigenvalue weighted by Crippen LogP contribution is 2.28. The zero-order valence-corrected chi connectivity index (χ0v) is 16.7. The maximum Gasteiger partial charge on any atom is 0.163 e. The minimum absolute atomic E-state index is 0.339. The van der Waals surface area contributed by atoms with Gasteiger partial charge in [-0.25, -0.2) is 0 Å². The van der Waals surface area contributed by atoms with Crippen LogP contribution < -0.4 is 4.90 Å². The summed E-state index contributed by atoms with van der Waals surface area (Å²) in [6.07, 6.45) is 0. The van der Waals surface area contributed by atoms with Crippen molar-refractivity contribution < 1.29 is 14.0 Å². The number of morpholine rings is 1. The van der Waals surface area contributed by atoms with Gasteiger partial charge in [-0.05, 0) is 18.2 Å². The Morgan fingerprint density at radius 1 is 0.964 bits per heavy atom. The molecule has 7 heteroatoms. The fraction of sp³-hybridized carbons (Fsp3) is 0.286. The summed E-state index contributed by atoms with van der Waals surface area (Å²) in [4.78, 5) is 2.33. The quantitative estimate of drug-likeness (QED) is 0.550. The number of ether oxygens (including phenoxy) is 2. The second-order valence-electron chi connectivity index (χ2n) is 6.53. The average Bonchev–Trinajstić information content (AvgIpc) is 3.20. The molecule has 4 rings (SSSR count). The molecular formula is C21H20Cl2N2O3. The van der Waals surface area contributed by atoms with E-state index in [4.69, 9.17) is 37.2 Å². The van der Waals surface area contributed by atoms with Crippen LogP contribution >= 0.6 is 23.2 Å². The van der Waals surface area contributed by atoms with Crippen LogP contribution in [0.2, 0.25) is 10.0 Å². The third-order valence-corrected chi connectivity index (χ3v) is 5.36. The molecule has 0 bridgehead atoms. The number of aromatic nitrogens is 1. The summed E-state index contributed by atoms with van der Waals surface area (Å²) in [5.74, 6) is 0.657. The molecule has 0 spiro atoms. The van der Waals surface area contributed by atoms with E-state index >= 15 is 0 Å². The first-order valence-electron chi connectivity index (χ1n) is 9.10. The van der Waals surface area contributed by atoms with Gasteiger partial charge in [0.05, 0.1) is 29.9 Å². The normalized spacial score (nSPS) is 14.4. The van der Waals surface area contributed by atoms with Crippen molar-refractivity contribution >= 4 is 28.9 Å². The van der Waals surface area contributed by atoms with Gasteiger partial charge in [-0.3, -0.25) is 0 Å². The zero-order chi connectivity index (χ0) is 19.3. The summed E-state index contributed by atoms with van der Waals surface area (Å²) < 4.78 is 16.7. The van der Waals surface area contributed by atoms with Crippen LogP contribution in [0.4, 0.5) is 5.69 Å². The molecule has 0 aliphatic carbocycles. The molecule has 1 aliphatic rings. The van der Waals surface area contributed by atoms with Gasteiger partial charge in [0.15, 0.2) is 5.76 Å². The Labute approximate surface area is 173 Å². The molecule has 146 valence electrons. The van der Waals surface area contributed by atoms with Crippen LogP contribution in [-0.2, 0) is 22.7 Å². The van der Waals surface area contributed by atoms with E-state index in [0.29, 0.717) is 34.7 Å². The van der Waals surface area contributed by atoms with Crippen molar-refractivity contribution in [1.29, 1.82) is 0 Å². The van der Waals surface area contributed by atoms with Crippen LogP contribution in [0.1, 0.15) is 11.3 Å². The molecule has 5 nitrogen and oxygen atoms in total. The van der Waals surface area contributed by atoms with Gasteiger partial charge in [-0.15, -0.1) is 0 Å². The fourth-order valence-corrected chi connectivity index (χ4v) is 3.48. The molecule has 1 fully saturated rings. The second kappa shape index (κ2) is 8.97. The highest BCUT2D eigenvalue weighted by atomic mass is 35.5. The van der Waals surface area contributed by atoms with Crippen LogP contribution in [-0.4, -0.2) is 31.5 Å². The number of rotatable bonds is 6. The summed E-state index contributed by atoms with van der Waals surface area (Å²) in [5.41, 5.74) is 3.89. The Balaban J connectivity index is 1.38. The molecule has 3 aromatic rings. The van der Waals surface area contributed by atoms with Gasteiger partial charge in [0.25, 0.3) is 0 Å². The third kappa shape index (κ3) is 4.50. The molecular weight excluding hydrogens is 399 g/mol. The summed E-state index contributed by atoms with van der Waals surface area (Å²) in [6.45, 7) is 4.13. The molecule has 1 aliphatic heterocycles. The second-order valence-corrected chi connectivity index (χ2v) is 7.34. The van der Waals surface area contributed by atoms with Gasteiger partial charge in [0.2, 0.25) is 0 Å². The smallest absolute Gasteiger partial charge is 0.163 e. The molecule has 0 radical (unpaired) electrons. The fourth-order valence-electron chi connectivity index (χ4n) is 3.18. The average molecular weight is 419 g/mol. The van der Waals surface area contributed by atoms with Crippen molar-refractivity contribution in [2.24, 2.45) is 0 Å². The Kier molecular flexibility index (Phi) is 6.17. The molecule has 2 aromatic carbocycles. The highest BCUT2D eigenvalue weighted by molar-refractivity contribution is 6.42. The number of nitrogens with zero attached hydrogens (tertiary/aromatic N) is 2. The number of hydrogen-bond acceptors (Lipinski definition) is 5. The van der Waals surface area contributed by atoms with Gasteiger partial charge >= 0.3 is 0 Å². The Bertz CT molecular complexity index is 939. The van der Waals surface area contributed by atoms with Crippen LogP contribution in [0.3, 0.4) is 0 Å². The van der Waals surface area contributed by atoms with Crippen LogP contribution in [0, 0.1) is 0 Å². The van der Waals surface area contributed by atoms with E-state index < -0.39 is 0 Å². The van der Waals surface area contributed by atoms with E-state index in [-0.39, 0.29) is 0 Å². The van der Waals surface area contributed by atoms with Crippen LogP contribution in [0.15, 0.2) is 53.1 Å². The Morgan fingerprint density at radius 3 is 2.61 bits per heavy atom. The number of hydrogen-bond donors (Lipinski definition) is 0. The van der Waals surface area contributed by atoms with Crippen LogP contribution in [0.5, 0.6) is 0 Å². The van der Waals surface area contributed by atoms with E-state index in [0.717, 1.165) is 37.4 Å². The Morgan fingerprint density at radius 2 is 1.79 bits per heavy atom. The molecule has 1 saturated heterocycles. The van der Waals surface area contributed by atoms with Crippen molar-refractivity contribution in [2.45, 2.75) is 13.2 Å². The number of para-hydroxylation sites is 1. The van der Waals surface area contributed by atoms with Gasteiger partial charge in [0, 0.05) is 36.0 Å². The van der Waals surface area contributed by atoms with Crippen LogP contribution in [0.25, 0.3) is 11.3 Å². The third-order valence-electron chi connectivity index (χ3n) is 4.62. The van der Waals surface area contributed by atoms with Gasteiger partial charge in [-0.2, -0.15) is 0 Å². The lowest BCUT2D eigenvalue weighted by atomic mass is 10.1. The number of anilines is 1. The maximum absolute atomic E-state index is 6.07. The van der Waals surface area contributed by atoms with E-state index in [9.17, 15) is 0 Å². The van der Waals surface area contributed by atoms with Crippen molar-refractivity contribution in [2.75, 3.05) is 31.2 Å². The molecule has 0 amide bonds. The van der Waals surface area contributed by atoms with E-state index in [2.05, 4.69) is 22.2 Å². The van der Waals surface area contributed by atoms with Crippen molar-refractivity contribution in [3.63, 3.8) is 0 Å². The first-order valence-corrected chi connectivity index (χ1v) is 9.85. The van der Waals surface area contributed by atoms with Crippen molar-refractivity contribution in [3.8, 4) is 11.3 Å². The highest BCUT2D eigenvalue weighted by Gasteiger charge is 2.15. The molecule has 0 saturated carbocycles. The largest absolute Gasteiger partial charge is 0.378 e. The summed E-state index contributed by atoms with van der Waals surface area (Å²) in [7, 11) is 0. The standard InChI is InChI=1S/C21H20Cl2N2O3/c22-18-6-5-15(11-19(18)23)20-12-17(28-24-20)14-27-13-16-3-1-2-4-21(16)25-7-9-26-10-8-25/h1-6,11-12H,7-10,13-14H2. The van der Waals surface area contributed by atoms with Crippen molar-refractivity contribution in [1.82, 2.24) is 5.16 Å². The molecule has 0 atom stereocenters. The summed E-state index contributed by atoms with van der Waals surface area (Å²) in [5, 5.41) is 5.09. The summed E-state index contributed by atoms with van der Waals surface area (Å²) >= 11 is 12.0. The molecule has 0 unspecified atom stereocenters. The maximum atomic E-state index is 6.07. The number of halogens is 2. The van der Waals surface area contributed by atoms with E-state index in [1.54, 1.807) is 12.1 Å². The van der Waals surface area contributed by atoms with Crippen molar-refractivity contribution in [3.05, 3.63) is 69.9 Å². The lowest BCUT2D eigenvalue weighted by Crippen LogP contribution is -2.36. The first kappa shape index (κ1) is 19.3. The topological polar surface area (TPSA) is 47.7 Å². The molecule has 28 heavy (non-hydrogen) atoms. The minimum atomic E-state index is 0.339.